The standard InChI is InChI=1S/C16H19BF4O2/c1-14(2)15(3,4)23-17(22-14)13(18)9-11-7-5-6-8-12(11)10-16(19,20)21/h5-9H,10H2,1-4H3. The molecule has 0 bridgehead atoms. The Morgan fingerprint density at radius 2 is 1.61 bits per heavy atom. The fourth-order valence-corrected chi connectivity index (χ4v) is 2.22. The Balaban J connectivity index is 2.26. The largest absolute Gasteiger partial charge is 0.525 e. The topological polar surface area (TPSA) is 18.5 Å². The van der Waals surface area contributed by atoms with Gasteiger partial charge in [0, 0.05) is 0 Å². The Bertz CT molecular complexity index is 592. The van der Waals surface area contributed by atoms with Gasteiger partial charge in [-0.1, -0.05) is 24.3 Å². The Morgan fingerprint density at radius 1 is 1.09 bits per heavy atom. The summed E-state index contributed by atoms with van der Waals surface area (Å²) < 4.78 is 63.3. The van der Waals surface area contributed by atoms with Crippen LogP contribution in [0.2, 0.25) is 0 Å². The third-order valence-corrected chi connectivity index (χ3v) is 4.22. The van der Waals surface area contributed by atoms with Crippen LogP contribution in [-0.2, 0) is 15.7 Å². The van der Waals surface area contributed by atoms with Crippen molar-refractivity contribution in [3.8, 4) is 0 Å². The molecule has 0 unspecified atom stereocenters. The van der Waals surface area contributed by atoms with E-state index in [-0.39, 0.29) is 11.1 Å². The van der Waals surface area contributed by atoms with E-state index in [0.717, 1.165) is 6.08 Å². The van der Waals surface area contributed by atoms with Gasteiger partial charge in [0.05, 0.1) is 17.6 Å². The van der Waals surface area contributed by atoms with Gasteiger partial charge >= 0.3 is 13.3 Å². The highest BCUT2D eigenvalue weighted by molar-refractivity contribution is 6.54. The third kappa shape index (κ3) is 4.15. The minimum Gasteiger partial charge on any atom is -0.398 e. The first-order valence-corrected chi connectivity index (χ1v) is 7.29. The second-order valence-corrected chi connectivity index (χ2v) is 6.61. The number of rotatable bonds is 3. The molecule has 1 aliphatic rings. The van der Waals surface area contributed by atoms with Crippen molar-refractivity contribution in [1.29, 1.82) is 0 Å². The first-order valence-electron chi connectivity index (χ1n) is 7.29. The number of hydrogen-bond donors (Lipinski definition) is 0. The number of benzene rings is 1. The van der Waals surface area contributed by atoms with Crippen molar-refractivity contribution in [3.05, 3.63) is 41.1 Å². The van der Waals surface area contributed by atoms with Crippen LogP contribution >= 0.6 is 0 Å². The molecule has 2 rings (SSSR count). The average Bonchev–Trinajstić information content (AvgIpc) is 2.59. The quantitative estimate of drug-likeness (QED) is 0.589. The number of halogens is 4. The van der Waals surface area contributed by atoms with Gasteiger partial charge in [0.25, 0.3) is 0 Å². The molecule has 0 aliphatic carbocycles. The first-order chi connectivity index (χ1) is 10.4. The van der Waals surface area contributed by atoms with Gasteiger partial charge in [-0.3, -0.25) is 0 Å². The van der Waals surface area contributed by atoms with Crippen LogP contribution in [0.1, 0.15) is 38.8 Å². The van der Waals surface area contributed by atoms with E-state index in [1.807, 2.05) is 0 Å². The van der Waals surface area contributed by atoms with Gasteiger partial charge in [-0.25, -0.2) is 4.39 Å². The smallest absolute Gasteiger partial charge is 0.398 e. The highest BCUT2D eigenvalue weighted by Crippen LogP contribution is 2.39. The molecule has 23 heavy (non-hydrogen) atoms. The molecule has 0 N–H and O–H groups in total. The molecule has 1 saturated heterocycles. The second kappa shape index (κ2) is 5.94. The van der Waals surface area contributed by atoms with Crippen molar-refractivity contribution < 1.29 is 26.9 Å². The molecular weight excluding hydrogens is 311 g/mol. The summed E-state index contributed by atoms with van der Waals surface area (Å²) in [6, 6.07) is 5.82. The normalized spacial score (nSPS) is 20.9. The van der Waals surface area contributed by atoms with Crippen LogP contribution in [-0.4, -0.2) is 24.5 Å². The summed E-state index contributed by atoms with van der Waals surface area (Å²) in [6.07, 6.45) is -4.43. The fourth-order valence-electron chi connectivity index (χ4n) is 2.22. The summed E-state index contributed by atoms with van der Waals surface area (Å²) in [5.41, 5.74) is -2.01. The summed E-state index contributed by atoms with van der Waals surface area (Å²) in [7, 11) is -1.22. The highest BCUT2D eigenvalue weighted by atomic mass is 19.4. The van der Waals surface area contributed by atoms with E-state index < -0.39 is 36.6 Å². The van der Waals surface area contributed by atoms with E-state index in [1.165, 1.54) is 18.2 Å². The van der Waals surface area contributed by atoms with Crippen molar-refractivity contribution in [2.75, 3.05) is 0 Å². The van der Waals surface area contributed by atoms with Crippen LogP contribution in [0.15, 0.2) is 30.0 Å². The SMILES string of the molecule is CC1(C)OB(C(F)=Cc2ccccc2CC(F)(F)F)OC1(C)C. The van der Waals surface area contributed by atoms with Crippen LogP contribution in [0, 0.1) is 0 Å². The van der Waals surface area contributed by atoms with Crippen molar-refractivity contribution in [2.45, 2.75) is 51.5 Å². The molecule has 0 aromatic heterocycles. The predicted molar refractivity (Wildman–Crippen MR) is 81.4 cm³/mol. The fraction of sp³-hybridized carbons (Fsp3) is 0.500. The van der Waals surface area contributed by atoms with Gasteiger partial charge in [-0.05, 0) is 44.9 Å². The van der Waals surface area contributed by atoms with E-state index in [2.05, 4.69) is 0 Å². The number of hydrogen-bond acceptors (Lipinski definition) is 2. The van der Waals surface area contributed by atoms with Crippen LogP contribution in [0.3, 0.4) is 0 Å². The van der Waals surface area contributed by atoms with Crippen LogP contribution in [0.4, 0.5) is 17.6 Å². The lowest BCUT2D eigenvalue weighted by Gasteiger charge is -2.32. The van der Waals surface area contributed by atoms with E-state index in [9.17, 15) is 17.6 Å². The van der Waals surface area contributed by atoms with Crippen LogP contribution < -0.4 is 0 Å². The summed E-state index contributed by atoms with van der Waals surface area (Å²) in [4.78, 5) is 0. The molecule has 2 nitrogen and oxygen atoms in total. The van der Waals surface area contributed by atoms with Crippen LogP contribution in [0.25, 0.3) is 6.08 Å². The van der Waals surface area contributed by atoms with Crippen molar-refractivity contribution in [3.63, 3.8) is 0 Å². The van der Waals surface area contributed by atoms with Crippen LogP contribution in [0.5, 0.6) is 0 Å². The minimum absolute atomic E-state index is 0.00617. The van der Waals surface area contributed by atoms with E-state index in [1.54, 1.807) is 33.8 Å². The molecule has 7 heteroatoms. The molecule has 1 aliphatic heterocycles. The molecule has 0 spiro atoms. The third-order valence-electron chi connectivity index (χ3n) is 4.22. The molecule has 0 amide bonds. The van der Waals surface area contributed by atoms with Gasteiger partial charge in [-0.2, -0.15) is 13.2 Å². The summed E-state index contributed by atoms with van der Waals surface area (Å²) >= 11 is 0. The van der Waals surface area contributed by atoms with Gasteiger partial charge in [-0.15, -0.1) is 0 Å². The van der Waals surface area contributed by atoms with Crippen molar-refractivity contribution in [1.82, 2.24) is 0 Å². The second-order valence-electron chi connectivity index (χ2n) is 6.61. The van der Waals surface area contributed by atoms with E-state index in [4.69, 9.17) is 9.31 Å². The first kappa shape index (κ1) is 18.0. The lowest BCUT2D eigenvalue weighted by atomic mass is 9.86. The van der Waals surface area contributed by atoms with Gasteiger partial charge in [0.1, 0.15) is 5.73 Å². The lowest BCUT2D eigenvalue weighted by Crippen LogP contribution is -2.41. The molecular formula is C16H19BF4O2. The molecule has 0 saturated carbocycles. The summed E-state index contributed by atoms with van der Waals surface area (Å²) in [6.45, 7) is 7.10. The lowest BCUT2D eigenvalue weighted by molar-refractivity contribution is -0.127. The molecule has 126 valence electrons. The molecule has 1 aromatic carbocycles. The Labute approximate surface area is 133 Å². The summed E-state index contributed by atoms with van der Waals surface area (Å²) in [5, 5.41) is 0. The molecule has 1 heterocycles. The van der Waals surface area contributed by atoms with Gasteiger partial charge in [0.15, 0.2) is 0 Å². The van der Waals surface area contributed by atoms with Crippen molar-refractivity contribution >= 4 is 13.2 Å². The maximum Gasteiger partial charge on any atom is 0.525 e. The maximum atomic E-state index is 14.4. The van der Waals surface area contributed by atoms with Gasteiger partial charge in [0.2, 0.25) is 0 Å². The molecule has 0 radical (unpaired) electrons. The zero-order valence-corrected chi connectivity index (χ0v) is 13.5. The summed E-state index contributed by atoms with van der Waals surface area (Å²) in [5.74, 6) is 0. The Hall–Kier alpha value is -1.34. The van der Waals surface area contributed by atoms with Crippen molar-refractivity contribution in [2.24, 2.45) is 0 Å². The van der Waals surface area contributed by atoms with Gasteiger partial charge < -0.3 is 9.31 Å². The van der Waals surface area contributed by atoms with E-state index >= 15 is 0 Å². The Kier molecular flexibility index (Phi) is 4.65. The zero-order chi connectivity index (χ0) is 17.5. The monoisotopic (exact) mass is 330 g/mol. The molecule has 1 fully saturated rings. The zero-order valence-electron chi connectivity index (χ0n) is 13.5. The Morgan fingerprint density at radius 3 is 2.13 bits per heavy atom. The van der Waals surface area contributed by atoms with E-state index in [0.29, 0.717) is 0 Å². The maximum absolute atomic E-state index is 14.4. The molecule has 1 aromatic rings. The highest BCUT2D eigenvalue weighted by Gasteiger charge is 2.53. The molecule has 0 atom stereocenters. The number of alkyl halides is 3. The minimum atomic E-state index is -4.36. The average molecular weight is 330 g/mol. The predicted octanol–water partition coefficient (Wildman–Crippen LogP) is 4.73.